The maximum absolute atomic E-state index is 12.9. The van der Waals surface area contributed by atoms with E-state index in [4.69, 9.17) is 0 Å². The number of rotatable bonds is 2. The summed E-state index contributed by atoms with van der Waals surface area (Å²) in [5, 5.41) is 8.55. The highest BCUT2D eigenvalue weighted by Gasteiger charge is 2.25. The third kappa shape index (κ3) is 3.23. The predicted molar refractivity (Wildman–Crippen MR) is 99.3 cm³/mol. The van der Waals surface area contributed by atoms with E-state index in [9.17, 15) is 4.79 Å². The molecule has 0 unspecified atom stereocenters. The quantitative estimate of drug-likeness (QED) is 0.844. The van der Waals surface area contributed by atoms with Crippen LogP contribution in [0.5, 0.6) is 0 Å². The lowest BCUT2D eigenvalue weighted by Gasteiger charge is -2.30. The maximum atomic E-state index is 12.9. The second kappa shape index (κ2) is 6.82. The number of hydrogen-bond donors (Lipinski definition) is 0. The molecule has 5 nitrogen and oxygen atoms in total. The van der Waals surface area contributed by atoms with Gasteiger partial charge in [0.15, 0.2) is 11.5 Å². The Bertz CT molecular complexity index is 766. The number of piperidine rings is 1. The molecule has 0 aliphatic carbocycles. The molecular weight excluding hydrogens is 312 g/mol. The molecule has 1 saturated heterocycles. The molecular formula is C20H24N4O. The molecule has 0 bridgehead atoms. The zero-order chi connectivity index (χ0) is 17.2. The third-order valence-corrected chi connectivity index (χ3v) is 5.15. The predicted octanol–water partition coefficient (Wildman–Crippen LogP) is 3.37. The summed E-state index contributed by atoms with van der Waals surface area (Å²) in [6.45, 7) is 4.89. The summed E-state index contributed by atoms with van der Waals surface area (Å²) in [6.07, 6.45) is 5.70. The zero-order valence-electron chi connectivity index (χ0n) is 14.7. The molecule has 1 aromatic carbocycles. The minimum Gasteiger partial charge on any atom is -0.355 e. The van der Waals surface area contributed by atoms with Crippen LogP contribution in [0.1, 0.15) is 47.3 Å². The van der Waals surface area contributed by atoms with E-state index in [0.29, 0.717) is 5.69 Å². The lowest BCUT2D eigenvalue weighted by Crippen LogP contribution is -2.36. The van der Waals surface area contributed by atoms with Crippen LogP contribution in [-0.4, -0.2) is 35.7 Å². The summed E-state index contributed by atoms with van der Waals surface area (Å²) in [7, 11) is 0. The molecule has 1 aromatic heterocycles. The fourth-order valence-electron chi connectivity index (χ4n) is 3.81. The molecule has 0 saturated carbocycles. The first kappa shape index (κ1) is 16.1. The first-order valence-electron chi connectivity index (χ1n) is 9.22. The van der Waals surface area contributed by atoms with E-state index >= 15 is 0 Å². The van der Waals surface area contributed by atoms with E-state index in [2.05, 4.69) is 40.2 Å². The normalized spacial score (nSPS) is 17.3. The highest BCUT2D eigenvalue weighted by Crippen LogP contribution is 2.29. The van der Waals surface area contributed by atoms with E-state index < -0.39 is 0 Å². The minimum absolute atomic E-state index is 0.0532. The fraction of sp³-hybridized carbons (Fsp3) is 0.450. The molecule has 5 heteroatoms. The van der Waals surface area contributed by atoms with Crippen molar-refractivity contribution in [2.24, 2.45) is 0 Å². The largest absolute Gasteiger partial charge is 0.355 e. The highest BCUT2D eigenvalue weighted by molar-refractivity contribution is 6.05. The van der Waals surface area contributed by atoms with Gasteiger partial charge in [-0.2, -0.15) is 0 Å². The molecule has 0 N–H and O–H groups in total. The van der Waals surface area contributed by atoms with Crippen molar-refractivity contribution < 1.29 is 4.79 Å². The zero-order valence-corrected chi connectivity index (χ0v) is 14.7. The number of carbonyl (C=O) groups excluding carboxylic acids is 1. The third-order valence-electron chi connectivity index (χ3n) is 5.15. The molecule has 25 heavy (non-hydrogen) atoms. The molecule has 130 valence electrons. The summed E-state index contributed by atoms with van der Waals surface area (Å²) in [5.74, 6) is 0.827. The van der Waals surface area contributed by atoms with E-state index in [1.807, 2.05) is 17.0 Å². The van der Waals surface area contributed by atoms with Gasteiger partial charge in [0.2, 0.25) is 0 Å². The van der Waals surface area contributed by atoms with Crippen molar-refractivity contribution in [2.45, 2.75) is 39.0 Å². The summed E-state index contributed by atoms with van der Waals surface area (Å²) in [4.78, 5) is 17.0. The van der Waals surface area contributed by atoms with Crippen LogP contribution in [-0.2, 0) is 6.42 Å². The van der Waals surface area contributed by atoms with Crippen molar-refractivity contribution in [2.75, 3.05) is 29.4 Å². The van der Waals surface area contributed by atoms with Crippen molar-refractivity contribution in [1.29, 1.82) is 0 Å². The van der Waals surface area contributed by atoms with Crippen molar-refractivity contribution in [3.8, 4) is 0 Å². The van der Waals surface area contributed by atoms with Gasteiger partial charge >= 0.3 is 0 Å². The van der Waals surface area contributed by atoms with Crippen molar-refractivity contribution in [3.05, 3.63) is 47.2 Å². The highest BCUT2D eigenvalue weighted by atomic mass is 16.2. The topological polar surface area (TPSA) is 49.3 Å². The van der Waals surface area contributed by atoms with Crippen LogP contribution in [0.15, 0.2) is 30.3 Å². The first-order valence-corrected chi connectivity index (χ1v) is 9.22. The maximum Gasteiger partial charge on any atom is 0.278 e. The Balaban J connectivity index is 1.55. The van der Waals surface area contributed by atoms with Gasteiger partial charge in [-0.3, -0.25) is 4.79 Å². The van der Waals surface area contributed by atoms with Crippen LogP contribution in [0.25, 0.3) is 0 Å². The number of benzene rings is 1. The number of hydrogen-bond acceptors (Lipinski definition) is 4. The number of fused-ring (bicyclic) bond motifs is 1. The van der Waals surface area contributed by atoms with Gasteiger partial charge < -0.3 is 9.80 Å². The van der Waals surface area contributed by atoms with E-state index in [-0.39, 0.29) is 5.91 Å². The van der Waals surface area contributed by atoms with Gasteiger partial charge in [-0.15, -0.1) is 10.2 Å². The number of amides is 1. The first-order chi connectivity index (χ1) is 12.2. The van der Waals surface area contributed by atoms with Crippen LogP contribution in [0.4, 0.5) is 11.5 Å². The minimum atomic E-state index is -0.0532. The van der Waals surface area contributed by atoms with Crippen LogP contribution < -0.4 is 9.80 Å². The number of anilines is 2. The Kier molecular flexibility index (Phi) is 4.38. The van der Waals surface area contributed by atoms with Gasteiger partial charge in [-0.1, -0.05) is 17.7 Å². The van der Waals surface area contributed by atoms with E-state index in [0.717, 1.165) is 44.0 Å². The smallest absolute Gasteiger partial charge is 0.278 e. The number of aromatic nitrogens is 2. The second-order valence-electron chi connectivity index (χ2n) is 7.02. The Hall–Kier alpha value is -2.43. The standard InChI is InChI=1S/C20H24N4O/c1-15-7-9-18-16(14-15)6-5-13-24(18)20(25)17-8-10-19(22-21-17)23-11-3-2-4-12-23/h7-10,14H,2-6,11-13H2,1H3. The van der Waals surface area contributed by atoms with Crippen LogP contribution in [0.3, 0.4) is 0 Å². The molecule has 1 amide bonds. The molecule has 0 spiro atoms. The van der Waals surface area contributed by atoms with Gasteiger partial charge in [0.25, 0.3) is 5.91 Å². The van der Waals surface area contributed by atoms with E-state index in [1.54, 1.807) is 0 Å². The van der Waals surface area contributed by atoms with Gasteiger partial charge in [0.05, 0.1) is 0 Å². The molecule has 4 rings (SSSR count). The fourth-order valence-corrected chi connectivity index (χ4v) is 3.81. The second-order valence-corrected chi connectivity index (χ2v) is 7.02. The summed E-state index contributed by atoms with van der Waals surface area (Å²) in [5.41, 5.74) is 3.93. The van der Waals surface area contributed by atoms with Gasteiger partial charge in [-0.25, -0.2) is 0 Å². The molecule has 2 aliphatic heterocycles. The molecule has 3 heterocycles. The van der Waals surface area contributed by atoms with Gasteiger partial charge in [-0.05, 0) is 62.8 Å². The lowest BCUT2D eigenvalue weighted by molar-refractivity contribution is 0.0979. The summed E-state index contributed by atoms with van der Waals surface area (Å²) in [6, 6.07) is 10.1. The summed E-state index contributed by atoms with van der Waals surface area (Å²) >= 11 is 0. The number of nitrogens with zero attached hydrogens (tertiary/aromatic N) is 4. The van der Waals surface area contributed by atoms with Crippen LogP contribution in [0.2, 0.25) is 0 Å². The summed E-state index contributed by atoms with van der Waals surface area (Å²) < 4.78 is 0. The SMILES string of the molecule is Cc1ccc2c(c1)CCCN2C(=O)c1ccc(N2CCCCC2)nn1. The van der Waals surface area contributed by atoms with Gasteiger partial charge in [0.1, 0.15) is 0 Å². The average molecular weight is 336 g/mol. The van der Waals surface area contributed by atoms with Crippen LogP contribution in [0, 0.1) is 6.92 Å². The number of aryl methyl sites for hydroxylation is 2. The Morgan fingerprint density at radius 3 is 2.56 bits per heavy atom. The van der Waals surface area contributed by atoms with Crippen molar-refractivity contribution >= 4 is 17.4 Å². The van der Waals surface area contributed by atoms with Crippen molar-refractivity contribution in [3.63, 3.8) is 0 Å². The Morgan fingerprint density at radius 2 is 1.80 bits per heavy atom. The van der Waals surface area contributed by atoms with Gasteiger partial charge in [0, 0.05) is 25.3 Å². The average Bonchev–Trinajstić information content (AvgIpc) is 2.67. The van der Waals surface area contributed by atoms with Crippen LogP contribution >= 0.6 is 0 Å². The molecule has 2 aliphatic rings. The monoisotopic (exact) mass is 336 g/mol. The van der Waals surface area contributed by atoms with E-state index in [1.165, 1.54) is 30.4 Å². The Labute approximate surface area is 148 Å². The van der Waals surface area contributed by atoms with Crippen molar-refractivity contribution in [1.82, 2.24) is 10.2 Å². The molecule has 1 fully saturated rings. The molecule has 0 atom stereocenters. The number of carbonyl (C=O) groups is 1. The lowest BCUT2D eigenvalue weighted by atomic mass is 9.99. The molecule has 2 aromatic rings. The molecule has 0 radical (unpaired) electrons. The Morgan fingerprint density at radius 1 is 0.960 bits per heavy atom.